The fourth-order valence-electron chi connectivity index (χ4n) is 2.73. The van der Waals surface area contributed by atoms with Gasteiger partial charge in [-0.05, 0) is 73.0 Å². The molecule has 2 amide bonds. The van der Waals surface area contributed by atoms with Crippen LogP contribution in [-0.2, 0) is 6.18 Å². The van der Waals surface area contributed by atoms with Gasteiger partial charge in [-0.3, -0.25) is 9.59 Å². The molecule has 0 radical (unpaired) electrons. The Morgan fingerprint density at radius 2 is 1.80 bits per heavy atom. The fourth-order valence-corrected chi connectivity index (χ4v) is 4.49. The normalized spacial score (nSPS) is 11.9. The maximum Gasteiger partial charge on any atom is 0.417 e. The van der Waals surface area contributed by atoms with E-state index in [0.717, 1.165) is 12.1 Å². The number of hydrogen-bond donors (Lipinski definition) is 2. The number of carbonyl (C=O) groups is 2. The predicted molar refractivity (Wildman–Crippen MR) is 123 cm³/mol. The first kappa shape index (κ1) is 24.8. The highest BCUT2D eigenvalue weighted by Crippen LogP contribution is 2.36. The van der Waals surface area contributed by atoms with Crippen LogP contribution in [0.15, 0.2) is 36.4 Å². The smallest absolute Gasteiger partial charge is 0.346 e. The van der Waals surface area contributed by atoms with Gasteiger partial charge in [-0.25, -0.2) is 0 Å². The summed E-state index contributed by atoms with van der Waals surface area (Å²) in [5, 5.41) is 4.86. The first-order valence-electron chi connectivity index (χ1n) is 8.64. The summed E-state index contributed by atoms with van der Waals surface area (Å²) in [6, 6.07) is 7.82. The van der Waals surface area contributed by atoms with Crippen LogP contribution in [0.1, 0.15) is 40.1 Å². The second kappa shape index (κ2) is 9.78. The lowest BCUT2D eigenvalue weighted by Gasteiger charge is -2.26. The molecule has 4 nitrogen and oxygen atoms in total. The maximum absolute atomic E-state index is 13.1. The number of thioether (sulfide) groups is 1. The summed E-state index contributed by atoms with van der Waals surface area (Å²) in [5.74, 6) is -0.470. The summed E-state index contributed by atoms with van der Waals surface area (Å²) in [7, 11) is 0. The number of alkyl halides is 3. The summed E-state index contributed by atoms with van der Waals surface area (Å²) in [4.78, 5) is 25.7. The highest BCUT2D eigenvalue weighted by atomic mass is 127. The van der Waals surface area contributed by atoms with Crippen LogP contribution in [0.4, 0.5) is 18.9 Å². The average molecular weight is 571 g/mol. The lowest BCUT2D eigenvalue weighted by atomic mass is 10.0. The van der Waals surface area contributed by atoms with Crippen molar-refractivity contribution in [2.24, 2.45) is 0 Å². The molecule has 0 aliphatic rings. The van der Waals surface area contributed by atoms with E-state index in [0.29, 0.717) is 9.32 Å². The topological polar surface area (TPSA) is 58.2 Å². The Kier molecular flexibility index (Phi) is 8.09. The van der Waals surface area contributed by atoms with Crippen molar-refractivity contribution in [1.29, 1.82) is 0 Å². The Labute approximate surface area is 195 Å². The molecule has 0 saturated heterocycles. The fraction of sp³-hybridized carbons (Fsp3) is 0.300. The van der Waals surface area contributed by atoms with Crippen LogP contribution >= 0.6 is 46.0 Å². The molecule has 0 atom stereocenters. The Hall–Kier alpha value is -1.46. The minimum atomic E-state index is -4.66. The number of carbonyl (C=O) groups excluding carboxylic acids is 2. The molecule has 0 bridgehead atoms. The maximum atomic E-state index is 13.1. The summed E-state index contributed by atoms with van der Waals surface area (Å²) in [6.45, 7) is 3.73. The molecule has 30 heavy (non-hydrogen) atoms. The van der Waals surface area contributed by atoms with Gasteiger partial charge in [-0.1, -0.05) is 17.7 Å². The highest BCUT2D eigenvalue weighted by Gasteiger charge is 2.33. The zero-order valence-electron chi connectivity index (χ0n) is 16.3. The standard InChI is InChI=1S/C20H19ClF3IN2O2S/c1-19(2,10-30-3)27-18(29)16-12(5-4-6-15(16)25)17(28)26-11-7-8-14(21)13(9-11)20(22,23)24/h4-9H,10H2,1-3H3,(H,26,28)(H,27,29). The van der Waals surface area contributed by atoms with E-state index in [1.165, 1.54) is 12.1 Å². The van der Waals surface area contributed by atoms with Crippen molar-refractivity contribution in [2.75, 3.05) is 17.3 Å². The Bertz CT molecular complexity index is 968. The van der Waals surface area contributed by atoms with E-state index in [4.69, 9.17) is 11.6 Å². The third kappa shape index (κ3) is 6.27. The largest absolute Gasteiger partial charge is 0.417 e. The minimum Gasteiger partial charge on any atom is -0.346 e. The molecule has 0 aliphatic carbocycles. The molecular weight excluding hydrogens is 552 g/mol. The number of benzene rings is 2. The van der Waals surface area contributed by atoms with Crippen LogP contribution in [-0.4, -0.2) is 29.4 Å². The van der Waals surface area contributed by atoms with Gasteiger partial charge in [-0.2, -0.15) is 24.9 Å². The van der Waals surface area contributed by atoms with Gasteiger partial charge in [0.05, 0.1) is 21.7 Å². The Morgan fingerprint density at radius 1 is 1.13 bits per heavy atom. The summed E-state index contributed by atoms with van der Waals surface area (Å²) in [6.07, 6.45) is -2.74. The van der Waals surface area contributed by atoms with Crippen LogP contribution < -0.4 is 10.6 Å². The van der Waals surface area contributed by atoms with Crippen LogP contribution in [0.2, 0.25) is 5.02 Å². The summed E-state index contributed by atoms with van der Waals surface area (Å²) >= 11 is 9.14. The lowest BCUT2D eigenvalue weighted by Crippen LogP contribution is -2.46. The number of anilines is 1. The van der Waals surface area contributed by atoms with Gasteiger partial charge in [0.15, 0.2) is 0 Å². The molecule has 0 aromatic heterocycles. The third-order valence-electron chi connectivity index (χ3n) is 3.97. The lowest BCUT2D eigenvalue weighted by molar-refractivity contribution is -0.137. The zero-order chi connectivity index (χ0) is 22.7. The molecule has 2 rings (SSSR count). The number of amides is 2. The molecule has 0 fully saturated rings. The van der Waals surface area contributed by atoms with E-state index in [1.807, 2.05) is 42.7 Å². The highest BCUT2D eigenvalue weighted by molar-refractivity contribution is 14.1. The monoisotopic (exact) mass is 570 g/mol. The predicted octanol–water partition coefficient (Wildman–Crippen LogP) is 6.09. The van der Waals surface area contributed by atoms with Gasteiger partial charge in [-0.15, -0.1) is 0 Å². The molecule has 0 spiro atoms. The SMILES string of the molecule is CSCC(C)(C)NC(=O)c1c(I)cccc1C(=O)Nc1ccc(Cl)c(C(F)(F)F)c1. The summed E-state index contributed by atoms with van der Waals surface area (Å²) in [5.41, 5.74) is -1.43. The molecule has 2 aromatic carbocycles. The average Bonchev–Trinajstić information content (AvgIpc) is 2.61. The van der Waals surface area contributed by atoms with Crippen molar-refractivity contribution in [1.82, 2.24) is 5.32 Å². The summed E-state index contributed by atoms with van der Waals surface area (Å²) < 4.78 is 39.8. The molecule has 0 aliphatic heterocycles. The van der Waals surface area contributed by atoms with Crippen molar-refractivity contribution >= 4 is 63.5 Å². The number of halogens is 5. The Balaban J connectivity index is 2.36. The number of rotatable bonds is 6. The van der Waals surface area contributed by atoms with E-state index in [9.17, 15) is 22.8 Å². The van der Waals surface area contributed by atoms with Crippen molar-refractivity contribution in [2.45, 2.75) is 25.6 Å². The van der Waals surface area contributed by atoms with Crippen molar-refractivity contribution in [3.05, 3.63) is 61.7 Å². The molecule has 0 heterocycles. The van der Waals surface area contributed by atoms with Crippen LogP contribution in [0.3, 0.4) is 0 Å². The molecule has 162 valence electrons. The van der Waals surface area contributed by atoms with Gasteiger partial charge in [0, 0.05) is 20.5 Å². The molecule has 2 aromatic rings. The van der Waals surface area contributed by atoms with E-state index >= 15 is 0 Å². The molecule has 10 heteroatoms. The van der Waals surface area contributed by atoms with E-state index in [-0.39, 0.29) is 16.8 Å². The second-order valence-electron chi connectivity index (χ2n) is 7.08. The van der Waals surface area contributed by atoms with E-state index < -0.39 is 34.1 Å². The Morgan fingerprint density at radius 3 is 2.40 bits per heavy atom. The van der Waals surface area contributed by atoms with E-state index in [1.54, 1.807) is 23.9 Å². The van der Waals surface area contributed by atoms with Crippen molar-refractivity contribution in [3.8, 4) is 0 Å². The van der Waals surface area contributed by atoms with Gasteiger partial charge in [0.1, 0.15) is 0 Å². The quantitative estimate of drug-likeness (QED) is 0.414. The molecule has 0 saturated carbocycles. The first-order chi connectivity index (χ1) is 13.9. The third-order valence-corrected chi connectivity index (χ3v) is 6.21. The number of nitrogens with one attached hydrogen (secondary N) is 2. The van der Waals surface area contributed by atoms with Gasteiger partial charge in [0.25, 0.3) is 11.8 Å². The van der Waals surface area contributed by atoms with Gasteiger partial charge < -0.3 is 10.6 Å². The van der Waals surface area contributed by atoms with Crippen molar-refractivity contribution < 1.29 is 22.8 Å². The van der Waals surface area contributed by atoms with Gasteiger partial charge in [0.2, 0.25) is 0 Å². The second-order valence-corrected chi connectivity index (χ2v) is 9.52. The van der Waals surface area contributed by atoms with E-state index in [2.05, 4.69) is 10.6 Å². The minimum absolute atomic E-state index is 0.0582. The molecular formula is C20H19ClF3IN2O2S. The molecule has 0 unspecified atom stereocenters. The number of hydrogen-bond acceptors (Lipinski definition) is 3. The first-order valence-corrected chi connectivity index (χ1v) is 11.5. The zero-order valence-corrected chi connectivity index (χ0v) is 20.0. The van der Waals surface area contributed by atoms with Crippen LogP contribution in [0.5, 0.6) is 0 Å². The van der Waals surface area contributed by atoms with Crippen LogP contribution in [0.25, 0.3) is 0 Å². The van der Waals surface area contributed by atoms with Crippen LogP contribution in [0, 0.1) is 3.57 Å². The molecule has 2 N–H and O–H groups in total. The van der Waals surface area contributed by atoms with Crippen molar-refractivity contribution in [3.63, 3.8) is 0 Å². The van der Waals surface area contributed by atoms with Gasteiger partial charge >= 0.3 is 6.18 Å².